The van der Waals surface area contributed by atoms with Crippen molar-refractivity contribution >= 4 is 33.2 Å². The van der Waals surface area contributed by atoms with Crippen LogP contribution in [-0.2, 0) is 26.2 Å². The summed E-state index contributed by atoms with van der Waals surface area (Å²) in [6.45, 7) is 4.50. The Labute approximate surface area is 187 Å². The predicted molar refractivity (Wildman–Crippen MR) is 122 cm³/mol. The van der Waals surface area contributed by atoms with Crippen molar-refractivity contribution in [1.82, 2.24) is 4.31 Å². The molecular formula is C23H25N3O5S. The first-order chi connectivity index (χ1) is 15.2. The maximum atomic E-state index is 13.3. The molecule has 0 radical (unpaired) electrons. The minimum Gasteiger partial charge on any atom is -0.468 e. The summed E-state index contributed by atoms with van der Waals surface area (Å²) in [6, 6.07) is 14.8. The van der Waals surface area contributed by atoms with Crippen LogP contribution in [0, 0.1) is 13.8 Å². The predicted octanol–water partition coefficient (Wildman–Crippen LogP) is 3.68. The van der Waals surface area contributed by atoms with Crippen LogP contribution in [0.1, 0.15) is 23.8 Å². The molecule has 0 unspecified atom stereocenters. The van der Waals surface area contributed by atoms with E-state index < -0.39 is 22.5 Å². The molecule has 3 rings (SSSR count). The van der Waals surface area contributed by atoms with Crippen LogP contribution in [0.2, 0.25) is 0 Å². The fraction of sp³-hybridized carbons (Fsp3) is 0.217. The Hall–Kier alpha value is -3.43. The molecule has 2 aromatic carbocycles. The van der Waals surface area contributed by atoms with Crippen molar-refractivity contribution in [1.29, 1.82) is 0 Å². The zero-order chi connectivity index (χ0) is 23.3. The third-order valence-electron chi connectivity index (χ3n) is 4.81. The number of furan rings is 1. The summed E-state index contributed by atoms with van der Waals surface area (Å²) in [5.74, 6) is -0.335. The summed E-state index contributed by atoms with van der Waals surface area (Å²) in [5, 5.41) is 5.44. The molecule has 0 saturated heterocycles. The van der Waals surface area contributed by atoms with Crippen molar-refractivity contribution in [3.05, 3.63) is 77.7 Å². The van der Waals surface area contributed by atoms with Gasteiger partial charge in [-0.05, 0) is 55.8 Å². The van der Waals surface area contributed by atoms with Crippen molar-refractivity contribution < 1.29 is 22.4 Å². The van der Waals surface area contributed by atoms with Gasteiger partial charge in [0.2, 0.25) is 21.8 Å². The van der Waals surface area contributed by atoms with Crippen LogP contribution >= 0.6 is 0 Å². The molecule has 1 aromatic heterocycles. The SMILES string of the molecule is CC(=O)Nc1cccc(NC(=O)CN(Cc2ccco2)S(=O)(=O)c2ccc(C)cc2)c1C. The van der Waals surface area contributed by atoms with Crippen molar-refractivity contribution in [3.63, 3.8) is 0 Å². The van der Waals surface area contributed by atoms with Crippen molar-refractivity contribution in [2.75, 3.05) is 17.2 Å². The van der Waals surface area contributed by atoms with E-state index in [9.17, 15) is 18.0 Å². The molecule has 168 valence electrons. The first-order valence-electron chi connectivity index (χ1n) is 9.93. The molecule has 0 atom stereocenters. The fourth-order valence-electron chi connectivity index (χ4n) is 3.11. The van der Waals surface area contributed by atoms with Gasteiger partial charge in [-0.15, -0.1) is 0 Å². The Balaban J connectivity index is 1.84. The average molecular weight is 456 g/mol. The molecule has 32 heavy (non-hydrogen) atoms. The van der Waals surface area contributed by atoms with Gasteiger partial charge in [-0.25, -0.2) is 8.42 Å². The molecule has 0 saturated carbocycles. The summed E-state index contributed by atoms with van der Waals surface area (Å²) in [5.41, 5.74) is 2.63. The van der Waals surface area contributed by atoms with E-state index in [1.54, 1.807) is 49.4 Å². The second-order valence-electron chi connectivity index (χ2n) is 7.37. The Morgan fingerprint density at radius 3 is 2.19 bits per heavy atom. The van der Waals surface area contributed by atoms with Crippen LogP contribution < -0.4 is 10.6 Å². The van der Waals surface area contributed by atoms with E-state index in [-0.39, 0.29) is 17.3 Å². The zero-order valence-corrected chi connectivity index (χ0v) is 18.9. The number of hydrogen-bond donors (Lipinski definition) is 2. The third-order valence-corrected chi connectivity index (χ3v) is 6.62. The summed E-state index contributed by atoms with van der Waals surface area (Å²) < 4.78 is 32.9. The van der Waals surface area contributed by atoms with Crippen LogP contribution in [0.15, 0.2) is 70.2 Å². The van der Waals surface area contributed by atoms with Crippen LogP contribution in [-0.4, -0.2) is 31.1 Å². The monoisotopic (exact) mass is 455 g/mol. The van der Waals surface area contributed by atoms with Gasteiger partial charge in [0.15, 0.2) is 0 Å². The lowest BCUT2D eigenvalue weighted by molar-refractivity contribution is -0.116. The van der Waals surface area contributed by atoms with Gasteiger partial charge in [0, 0.05) is 18.3 Å². The van der Waals surface area contributed by atoms with E-state index in [2.05, 4.69) is 10.6 Å². The van der Waals surface area contributed by atoms with Crippen LogP contribution in [0.25, 0.3) is 0 Å². The van der Waals surface area contributed by atoms with Crippen LogP contribution in [0.5, 0.6) is 0 Å². The van der Waals surface area contributed by atoms with Crippen molar-refractivity contribution in [2.45, 2.75) is 32.2 Å². The number of aryl methyl sites for hydroxylation is 1. The lowest BCUT2D eigenvalue weighted by atomic mass is 10.1. The molecule has 2 N–H and O–H groups in total. The number of carbonyl (C=O) groups is 2. The number of sulfonamides is 1. The van der Waals surface area contributed by atoms with E-state index >= 15 is 0 Å². The molecular weight excluding hydrogens is 430 g/mol. The number of carbonyl (C=O) groups excluding carboxylic acids is 2. The van der Waals surface area contributed by atoms with E-state index in [0.717, 1.165) is 9.87 Å². The Kier molecular flexibility index (Phi) is 7.12. The normalized spacial score (nSPS) is 11.4. The number of benzene rings is 2. The molecule has 0 aliphatic heterocycles. The van der Waals surface area contributed by atoms with E-state index in [4.69, 9.17) is 4.42 Å². The highest BCUT2D eigenvalue weighted by Crippen LogP contribution is 2.24. The van der Waals surface area contributed by atoms with Gasteiger partial charge in [0.1, 0.15) is 5.76 Å². The Bertz CT molecular complexity index is 1200. The Morgan fingerprint density at radius 2 is 1.59 bits per heavy atom. The molecule has 0 fully saturated rings. The molecule has 0 bridgehead atoms. The summed E-state index contributed by atoms with van der Waals surface area (Å²) in [7, 11) is -3.96. The second kappa shape index (κ2) is 9.80. The van der Waals surface area contributed by atoms with Gasteiger partial charge in [0.05, 0.1) is 24.2 Å². The fourth-order valence-corrected chi connectivity index (χ4v) is 4.47. The number of nitrogens with zero attached hydrogens (tertiary/aromatic N) is 1. The van der Waals surface area contributed by atoms with Gasteiger partial charge in [-0.1, -0.05) is 23.8 Å². The summed E-state index contributed by atoms with van der Waals surface area (Å²) in [6.07, 6.45) is 1.45. The van der Waals surface area contributed by atoms with E-state index in [1.807, 2.05) is 6.92 Å². The number of rotatable bonds is 8. The highest BCUT2D eigenvalue weighted by Gasteiger charge is 2.28. The number of anilines is 2. The number of nitrogens with one attached hydrogen (secondary N) is 2. The first-order valence-corrected chi connectivity index (χ1v) is 11.4. The molecule has 9 heteroatoms. The maximum Gasteiger partial charge on any atom is 0.243 e. The molecule has 3 aromatic rings. The van der Waals surface area contributed by atoms with Gasteiger partial charge >= 0.3 is 0 Å². The summed E-state index contributed by atoms with van der Waals surface area (Å²) in [4.78, 5) is 24.3. The standard InChI is InChI=1S/C23H25N3O5S/c1-16-9-11-20(12-10-16)32(29,30)26(14-19-6-5-13-31-19)15-23(28)25-22-8-4-7-21(17(22)2)24-18(3)27/h4-13H,14-15H2,1-3H3,(H,24,27)(H,25,28). The third kappa shape index (κ3) is 5.63. The smallest absolute Gasteiger partial charge is 0.243 e. The topological polar surface area (TPSA) is 109 Å². The minimum absolute atomic E-state index is 0.0892. The van der Waals surface area contributed by atoms with Gasteiger partial charge in [-0.3, -0.25) is 9.59 Å². The lowest BCUT2D eigenvalue weighted by Crippen LogP contribution is -2.37. The second-order valence-corrected chi connectivity index (χ2v) is 9.31. The summed E-state index contributed by atoms with van der Waals surface area (Å²) >= 11 is 0. The van der Waals surface area contributed by atoms with E-state index in [0.29, 0.717) is 22.7 Å². The molecule has 2 amide bonds. The highest BCUT2D eigenvalue weighted by molar-refractivity contribution is 7.89. The zero-order valence-electron chi connectivity index (χ0n) is 18.1. The largest absolute Gasteiger partial charge is 0.468 e. The highest BCUT2D eigenvalue weighted by atomic mass is 32.2. The Morgan fingerprint density at radius 1 is 0.938 bits per heavy atom. The van der Waals surface area contributed by atoms with Gasteiger partial charge in [-0.2, -0.15) is 4.31 Å². The number of hydrogen-bond acceptors (Lipinski definition) is 5. The maximum absolute atomic E-state index is 13.3. The van der Waals surface area contributed by atoms with Crippen LogP contribution in [0.4, 0.5) is 11.4 Å². The van der Waals surface area contributed by atoms with Gasteiger partial charge < -0.3 is 15.1 Å². The number of amides is 2. The van der Waals surface area contributed by atoms with Crippen molar-refractivity contribution in [3.8, 4) is 0 Å². The van der Waals surface area contributed by atoms with E-state index in [1.165, 1.54) is 25.3 Å². The lowest BCUT2D eigenvalue weighted by Gasteiger charge is -2.21. The molecule has 0 aliphatic carbocycles. The molecule has 1 heterocycles. The molecule has 8 nitrogen and oxygen atoms in total. The quantitative estimate of drug-likeness (QED) is 0.539. The van der Waals surface area contributed by atoms with Crippen molar-refractivity contribution in [2.24, 2.45) is 0 Å². The minimum atomic E-state index is -3.96. The average Bonchev–Trinajstić information content (AvgIpc) is 3.24. The van der Waals surface area contributed by atoms with Gasteiger partial charge in [0.25, 0.3) is 0 Å². The first kappa shape index (κ1) is 23.2. The molecule has 0 spiro atoms. The molecule has 0 aliphatic rings. The van der Waals surface area contributed by atoms with Crippen LogP contribution in [0.3, 0.4) is 0 Å².